The van der Waals surface area contributed by atoms with Gasteiger partial charge in [-0.1, -0.05) is 0 Å². The molecule has 0 atom stereocenters. The van der Waals surface area contributed by atoms with Crippen molar-refractivity contribution in [3.8, 4) is 0 Å². The lowest BCUT2D eigenvalue weighted by Gasteiger charge is -2.21. The molecule has 0 saturated heterocycles. The predicted octanol–water partition coefficient (Wildman–Crippen LogP) is 2.44. The Balaban J connectivity index is 1.47. The fourth-order valence-corrected chi connectivity index (χ4v) is 3.08. The van der Waals surface area contributed by atoms with E-state index in [9.17, 15) is 0 Å². The highest BCUT2D eigenvalue weighted by Crippen LogP contribution is 2.21. The van der Waals surface area contributed by atoms with Gasteiger partial charge in [-0.25, -0.2) is 18.7 Å². The van der Waals surface area contributed by atoms with Crippen molar-refractivity contribution < 1.29 is 0 Å². The van der Waals surface area contributed by atoms with Gasteiger partial charge in [-0.2, -0.15) is 20.4 Å². The summed E-state index contributed by atoms with van der Waals surface area (Å²) in [6, 6.07) is 7.75. The first-order valence-corrected chi connectivity index (χ1v) is 8.38. The number of nitrogens with zero attached hydrogens (tertiary/aromatic N) is 8. The smallest absolute Gasteiger partial charge is 0.143 e. The van der Waals surface area contributed by atoms with Crippen molar-refractivity contribution in [3.05, 3.63) is 73.8 Å². The summed E-state index contributed by atoms with van der Waals surface area (Å²) in [5.74, 6) is 0. The summed E-state index contributed by atoms with van der Waals surface area (Å²) in [7, 11) is 0. The monoisotopic (exact) mass is 336 g/mol. The summed E-state index contributed by atoms with van der Waals surface area (Å²) in [6.45, 7) is 0. The molecule has 8 nitrogen and oxygen atoms in total. The second kappa shape index (κ2) is 7.16. The molecule has 0 saturated carbocycles. The molecule has 0 unspecified atom stereocenters. The Hall–Kier alpha value is -3.16. The number of hydrogen-bond acceptors (Lipinski definition) is 4. The topological polar surface area (TPSA) is 71.3 Å². The van der Waals surface area contributed by atoms with E-state index in [0.29, 0.717) is 0 Å². The van der Waals surface area contributed by atoms with Crippen LogP contribution in [0.1, 0.15) is 31.6 Å². The molecule has 0 radical (unpaired) electrons. The zero-order valence-corrected chi connectivity index (χ0v) is 13.8. The lowest BCUT2D eigenvalue weighted by atomic mass is 10.1. The highest BCUT2D eigenvalue weighted by molar-refractivity contribution is 4.88. The molecule has 128 valence electrons. The van der Waals surface area contributed by atoms with Crippen LogP contribution in [0.4, 0.5) is 0 Å². The second-order valence-electron chi connectivity index (χ2n) is 5.84. The Morgan fingerprint density at radius 1 is 0.520 bits per heavy atom. The van der Waals surface area contributed by atoms with Crippen molar-refractivity contribution >= 4 is 0 Å². The second-order valence-corrected chi connectivity index (χ2v) is 5.84. The van der Waals surface area contributed by atoms with Gasteiger partial charge in [0.05, 0.1) is 0 Å². The Kier molecular flexibility index (Phi) is 4.40. The average molecular weight is 336 g/mol. The van der Waals surface area contributed by atoms with E-state index >= 15 is 0 Å². The fourth-order valence-electron chi connectivity index (χ4n) is 3.08. The van der Waals surface area contributed by atoms with Gasteiger partial charge in [-0.05, 0) is 43.5 Å². The normalized spacial score (nSPS) is 11.6. The van der Waals surface area contributed by atoms with Gasteiger partial charge in [-0.3, -0.25) is 0 Å². The summed E-state index contributed by atoms with van der Waals surface area (Å²) < 4.78 is 7.79. The van der Waals surface area contributed by atoms with Gasteiger partial charge in [0, 0.05) is 49.6 Å². The van der Waals surface area contributed by atoms with Crippen LogP contribution in [0.25, 0.3) is 0 Å². The summed E-state index contributed by atoms with van der Waals surface area (Å²) in [5, 5.41) is 17.6. The SMILES string of the molecule is c1cnn(C(CCCC(n2cccn2)n2cccn2)n2cccn2)c1. The van der Waals surface area contributed by atoms with Gasteiger partial charge in [0.1, 0.15) is 12.3 Å². The van der Waals surface area contributed by atoms with E-state index in [4.69, 9.17) is 0 Å². The highest BCUT2D eigenvalue weighted by Gasteiger charge is 2.17. The van der Waals surface area contributed by atoms with Crippen LogP contribution < -0.4 is 0 Å². The molecule has 0 aliphatic rings. The van der Waals surface area contributed by atoms with E-state index in [1.54, 1.807) is 24.8 Å². The van der Waals surface area contributed by atoms with Gasteiger partial charge < -0.3 is 0 Å². The lowest BCUT2D eigenvalue weighted by Crippen LogP contribution is -2.22. The summed E-state index contributed by atoms with van der Waals surface area (Å²) in [5.41, 5.74) is 0. The van der Waals surface area contributed by atoms with E-state index in [1.165, 1.54) is 0 Å². The minimum atomic E-state index is 0.0703. The van der Waals surface area contributed by atoms with Gasteiger partial charge in [0.25, 0.3) is 0 Å². The number of hydrogen-bond donors (Lipinski definition) is 0. The predicted molar refractivity (Wildman–Crippen MR) is 91.6 cm³/mol. The van der Waals surface area contributed by atoms with Crippen molar-refractivity contribution in [1.82, 2.24) is 39.1 Å². The van der Waals surface area contributed by atoms with Crippen LogP contribution >= 0.6 is 0 Å². The summed E-state index contributed by atoms with van der Waals surface area (Å²) in [4.78, 5) is 0. The Morgan fingerprint density at radius 3 is 1.08 bits per heavy atom. The Labute approximate surface area is 145 Å². The standard InChI is InChI=1S/C17H20N8/c1(6-16(22-12-2-8-18-22)23-13-3-9-19-23)7-17(24-14-4-10-20-24)25-15-5-11-21-25/h2-5,8-17H,1,6-7H2. The molecule has 25 heavy (non-hydrogen) atoms. The maximum absolute atomic E-state index is 4.39. The number of aromatic nitrogens is 8. The van der Waals surface area contributed by atoms with Gasteiger partial charge in [0.2, 0.25) is 0 Å². The summed E-state index contributed by atoms with van der Waals surface area (Å²) in [6.07, 6.45) is 18.1. The quantitative estimate of drug-likeness (QED) is 0.495. The van der Waals surface area contributed by atoms with Crippen LogP contribution in [0, 0.1) is 0 Å². The van der Waals surface area contributed by atoms with Crippen LogP contribution in [0.15, 0.2) is 73.8 Å². The molecule has 0 spiro atoms. The largest absolute Gasteiger partial charge is 0.248 e. The zero-order valence-electron chi connectivity index (χ0n) is 13.8. The maximum atomic E-state index is 4.39. The van der Waals surface area contributed by atoms with Crippen molar-refractivity contribution in [1.29, 1.82) is 0 Å². The lowest BCUT2D eigenvalue weighted by molar-refractivity contribution is 0.287. The Bertz CT molecular complexity index is 690. The minimum absolute atomic E-state index is 0.0703. The third-order valence-electron chi connectivity index (χ3n) is 4.25. The van der Waals surface area contributed by atoms with Crippen LogP contribution in [0.2, 0.25) is 0 Å². The van der Waals surface area contributed by atoms with Gasteiger partial charge >= 0.3 is 0 Å². The maximum Gasteiger partial charge on any atom is 0.143 e. The van der Waals surface area contributed by atoms with E-state index in [2.05, 4.69) is 20.4 Å². The summed E-state index contributed by atoms with van der Waals surface area (Å²) >= 11 is 0. The van der Waals surface area contributed by atoms with E-state index in [0.717, 1.165) is 19.3 Å². The molecule has 0 aromatic carbocycles. The van der Waals surface area contributed by atoms with E-state index in [1.807, 2.05) is 67.8 Å². The van der Waals surface area contributed by atoms with E-state index < -0.39 is 0 Å². The molecule has 4 rings (SSSR count). The molecule has 4 heterocycles. The molecule has 4 aromatic heterocycles. The molecule has 0 aliphatic carbocycles. The molecule has 0 bridgehead atoms. The van der Waals surface area contributed by atoms with Crippen molar-refractivity contribution in [2.75, 3.05) is 0 Å². The van der Waals surface area contributed by atoms with Crippen LogP contribution in [-0.2, 0) is 0 Å². The first-order valence-electron chi connectivity index (χ1n) is 8.38. The molecule has 0 aliphatic heterocycles. The molecule has 0 N–H and O–H groups in total. The first-order chi connectivity index (χ1) is 12.4. The molecular weight excluding hydrogens is 316 g/mol. The molecule has 0 fully saturated rings. The molecule has 0 amide bonds. The van der Waals surface area contributed by atoms with Gasteiger partial charge in [0.15, 0.2) is 0 Å². The van der Waals surface area contributed by atoms with Crippen molar-refractivity contribution in [2.45, 2.75) is 31.6 Å². The molecule has 4 aromatic rings. The van der Waals surface area contributed by atoms with Crippen molar-refractivity contribution in [2.24, 2.45) is 0 Å². The minimum Gasteiger partial charge on any atom is -0.248 e. The fraction of sp³-hybridized carbons (Fsp3) is 0.294. The zero-order chi connectivity index (χ0) is 16.9. The van der Waals surface area contributed by atoms with Crippen LogP contribution in [0.5, 0.6) is 0 Å². The first kappa shape index (κ1) is 15.4. The van der Waals surface area contributed by atoms with E-state index in [-0.39, 0.29) is 12.3 Å². The average Bonchev–Trinajstić information content (AvgIpc) is 3.44. The van der Waals surface area contributed by atoms with Gasteiger partial charge in [-0.15, -0.1) is 0 Å². The van der Waals surface area contributed by atoms with Crippen molar-refractivity contribution in [3.63, 3.8) is 0 Å². The molecular formula is C17H20N8. The number of rotatable bonds is 8. The third-order valence-corrected chi connectivity index (χ3v) is 4.25. The third kappa shape index (κ3) is 3.37. The molecule has 8 heteroatoms. The van der Waals surface area contributed by atoms with Crippen LogP contribution in [0.3, 0.4) is 0 Å². The Morgan fingerprint density at radius 2 is 0.840 bits per heavy atom. The highest BCUT2D eigenvalue weighted by atomic mass is 15.4. The van der Waals surface area contributed by atoms with Crippen LogP contribution in [-0.4, -0.2) is 39.1 Å².